The molecule has 17 heavy (non-hydrogen) atoms. The van der Waals surface area contributed by atoms with Crippen LogP contribution in [0.5, 0.6) is 0 Å². The van der Waals surface area contributed by atoms with Crippen LogP contribution in [0.3, 0.4) is 0 Å². The third kappa shape index (κ3) is 2.39. The van der Waals surface area contributed by atoms with Gasteiger partial charge in [-0.3, -0.25) is 4.68 Å². The van der Waals surface area contributed by atoms with Crippen molar-refractivity contribution in [2.45, 2.75) is 32.9 Å². The fourth-order valence-electron chi connectivity index (χ4n) is 1.91. The molecule has 0 amide bonds. The Hall–Kier alpha value is -1.61. The average Bonchev–Trinajstić information content (AvgIpc) is 2.77. The zero-order valence-electron chi connectivity index (χ0n) is 10.6. The van der Waals surface area contributed by atoms with Gasteiger partial charge in [-0.2, -0.15) is 5.10 Å². The number of aromatic nitrogens is 2. The van der Waals surface area contributed by atoms with Gasteiger partial charge in [0.05, 0.1) is 11.2 Å². The number of hydrogen-bond donors (Lipinski definition) is 1. The number of nitrogens with zero attached hydrogens (tertiary/aromatic N) is 2. The van der Waals surface area contributed by atoms with Crippen LogP contribution in [0.2, 0.25) is 0 Å². The second kappa shape index (κ2) is 4.34. The quantitative estimate of drug-likeness (QED) is 0.860. The predicted molar refractivity (Wildman–Crippen MR) is 70.6 cm³/mol. The molecule has 0 radical (unpaired) electrons. The van der Waals surface area contributed by atoms with Crippen molar-refractivity contribution >= 4 is 0 Å². The molecule has 0 aliphatic rings. The number of hydrogen-bond acceptors (Lipinski definition) is 2. The average molecular weight is 229 g/mol. The molecule has 0 atom stereocenters. The number of nitrogens with two attached hydrogens (primary N) is 1. The van der Waals surface area contributed by atoms with E-state index in [9.17, 15) is 0 Å². The first-order chi connectivity index (χ1) is 8.02. The molecule has 1 heterocycles. The first-order valence-corrected chi connectivity index (χ1v) is 5.86. The van der Waals surface area contributed by atoms with E-state index in [0.717, 1.165) is 11.3 Å². The van der Waals surface area contributed by atoms with Crippen LogP contribution in [0.15, 0.2) is 36.5 Å². The first kappa shape index (κ1) is 11.9. The maximum Gasteiger partial charge on any atom is 0.0688 e. The molecular formula is C14H19N3. The van der Waals surface area contributed by atoms with Crippen LogP contribution in [0.25, 0.3) is 11.3 Å². The lowest BCUT2D eigenvalue weighted by Gasteiger charge is -2.22. The Morgan fingerprint density at radius 3 is 2.65 bits per heavy atom. The molecule has 2 N–H and O–H groups in total. The lowest BCUT2D eigenvalue weighted by molar-refractivity contribution is 0.360. The van der Waals surface area contributed by atoms with Gasteiger partial charge in [0.1, 0.15) is 0 Å². The van der Waals surface area contributed by atoms with Crippen molar-refractivity contribution in [3.8, 4) is 11.3 Å². The molecule has 0 saturated carbocycles. The van der Waals surface area contributed by atoms with Gasteiger partial charge in [-0.1, -0.05) is 18.2 Å². The Balaban J connectivity index is 2.50. The fraction of sp³-hybridized carbons (Fsp3) is 0.357. The van der Waals surface area contributed by atoms with E-state index in [4.69, 9.17) is 5.73 Å². The van der Waals surface area contributed by atoms with Gasteiger partial charge in [-0.05, 0) is 38.5 Å². The SMILES string of the molecule is CC(C)(C)n1nccc1-c1cccc(CN)c1. The van der Waals surface area contributed by atoms with Gasteiger partial charge in [0.2, 0.25) is 0 Å². The van der Waals surface area contributed by atoms with Crippen LogP contribution in [0.1, 0.15) is 26.3 Å². The minimum absolute atomic E-state index is 0.0163. The van der Waals surface area contributed by atoms with Crippen LogP contribution in [0, 0.1) is 0 Å². The second-order valence-electron chi connectivity index (χ2n) is 5.20. The Bertz CT molecular complexity index is 506. The molecule has 2 rings (SSSR count). The van der Waals surface area contributed by atoms with Gasteiger partial charge in [0.15, 0.2) is 0 Å². The molecule has 1 aromatic heterocycles. The summed E-state index contributed by atoms with van der Waals surface area (Å²) in [4.78, 5) is 0. The van der Waals surface area contributed by atoms with Crippen molar-refractivity contribution in [3.05, 3.63) is 42.1 Å². The first-order valence-electron chi connectivity index (χ1n) is 5.86. The maximum absolute atomic E-state index is 5.67. The van der Waals surface area contributed by atoms with Crippen LogP contribution in [-0.4, -0.2) is 9.78 Å². The van der Waals surface area contributed by atoms with Crippen molar-refractivity contribution < 1.29 is 0 Å². The maximum atomic E-state index is 5.67. The Kier molecular flexibility index (Phi) is 3.03. The van der Waals surface area contributed by atoms with Gasteiger partial charge >= 0.3 is 0 Å². The van der Waals surface area contributed by atoms with E-state index in [1.807, 2.05) is 29.1 Å². The zero-order chi connectivity index (χ0) is 12.5. The minimum atomic E-state index is -0.0163. The summed E-state index contributed by atoms with van der Waals surface area (Å²) in [5, 5.41) is 4.40. The smallest absolute Gasteiger partial charge is 0.0688 e. The molecule has 0 spiro atoms. The third-order valence-corrected chi connectivity index (χ3v) is 2.74. The van der Waals surface area contributed by atoms with Gasteiger partial charge in [0, 0.05) is 18.3 Å². The van der Waals surface area contributed by atoms with E-state index >= 15 is 0 Å². The molecule has 1 aromatic carbocycles. The summed E-state index contributed by atoms with van der Waals surface area (Å²) in [5.41, 5.74) is 9.10. The van der Waals surface area contributed by atoms with E-state index in [0.29, 0.717) is 6.54 Å². The number of benzene rings is 1. The zero-order valence-corrected chi connectivity index (χ0v) is 10.6. The van der Waals surface area contributed by atoms with Crippen LogP contribution in [-0.2, 0) is 12.1 Å². The molecule has 3 heteroatoms. The van der Waals surface area contributed by atoms with Gasteiger partial charge < -0.3 is 5.73 Å². The molecule has 0 aliphatic carbocycles. The molecule has 0 aliphatic heterocycles. The van der Waals surface area contributed by atoms with E-state index in [1.165, 1.54) is 5.56 Å². The summed E-state index contributed by atoms with van der Waals surface area (Å²) in [7, 11) is 0. The van der Waals surface area contributed by atoms with Crippen LogP contribution in [0.4, 0.5) is 0 Å². The second-order valence-corrected chi connectivity index (χ2v) is 5.20. The van der Waals surface area contributed by atoms with Gasteiger partial charge in [0.25, 0.3) is 0 Å². The summed E-state index contributed by atoms with van der Waals surface area (Å²) >= 11 is 0. The van der Waals surface area contributed by atoms with Crippen molar-refractivity contribution in [2.24, 2.45) is 5.73 Å². The topological polar surface area (TPSA) is 43.8 Å². The highest BCUT2D eigenvalue weighted by Crippen LogP contribution is 2.25. The summed E-state index contributed by atoms with van der Waals surface area (Å²) in [5.74, 6) is 0. The highest BCUT2D eigenvalue weighted by molar-refractivity contribution is 5.60. The Labute approximate surface area is 102 Å². The van der Waals surface area contributed by atoms with Crippen molar-refractivity contribution in [2.75, 3.05) is 0 Å². The standard InChI is InChI=1S/C14H19N3/c1-14(2,3)17-13(7-8-16-17)12-6-4-5-11(9-12)10-15/h4-9H,10,15H2,1-3H3. The fourth-order valence-corrected chi connectivity index (χ4v) is 1.91. The normalized spacial score (nSPS) is 11.8. The third-order valence-electron chi connectivity index (χ3n) is 2.74. The van der Waals surface area contributed by atoms with E-state index in [1.54, 1.807) is 0 Å². The van der Waals surface area contributed by atoms with E-state index in [2.05, 4.69) is 38.0 Å². The van der Waals surface area contributed by atoms with Crippen LogP contribution >= 0.6 is 0 Å². The molecule has 3 nitrogen and oxygen atoms in total. The highest BCUT2D eigenvalue weighted by Gasteiger charge is 2.17. The molecule has 2 aromatic rings. The van der Waals surface area contributed by atoms with Crippen molar-refractivity contribution in [1.29, 1.82) is 0 Å². The molecular weight excluding hydrogens is 210 g/mol. The largest absolute Gasteiger partial charge is 0.326 e. The van der Waals surface area contributed by atoms with Gasteiger partial charge in [-0.25, -0.2) is 0 Å². The summed E-state index contributed by atoms with van der Waals surface area (Å²) in [6, 6.07) is 10.3. The lowest BCUT2D eigenvalue weighted by Crippen LogP contribution is -2.23. The summed E-state index contributed by atoms with van der Waals surface area (Å²) in [6.45, 7) is 7.01. The van der Waals surface area contributed by atoms with Crippen LogP contribution < -0.4 is 5.73 Å². The lowest BCUT2D eigenvalue weighted by atomic mass is 10.1. The monoisotopic (exact) mass is 229 g/mol. The molecule has 90 valence electrons. The Morgan fingerprint density at radius 1 is 1.24 bits per heavy atom. The van der Waals surface area contributed by atoms with Crippen molar-refractivity contribution in [3.63, 3.8) is 0 Å². The molecule has 0 bridgehead atoms. The predicted octanol–water partition coefficient (Wildman–Crippen LogP) is 2.76. The van der Waals surface area contributed by atoms with Gasteiger partial charge in [-0.15, -0.1) is 0 Å². The molecule has 0 saturated heterocycles. The number of rotatable bonds is 2. The highest BCUT2D eigenvalue weighted by atomic mass is 15.3. The molecule has 0 fully saturated rings. The Morgan fingerprint density at radius 2 is 2.00 bits per heavy atom. The van der Waals surface area contributed by atoms with E-state index < -0.39 is 0 Å². The summed E-state index contributed by atoms with van der Waals surface area (Å²) in [6.07, 6.45) is 1.84. The van der Waals surface area contributed by atoms with E-state index in [-0.39, 0.29) is 5.54 Å². The van der Waals surface area contributed by atoms with Crippen molar-refractivity contribution in [1.82, 2.24) is 9.78 Å². The molecule has 0 unspecified atom stereocenters. The summed E-state index contributed by atoms with van der Waals surface area (Å²) < 4.78 is 2.04. The minimum Gasteiger partial charge on any atom is -0.326 e.